The smallest absolute Gasteiger partial charge is 0.303 e. The second-order valence-electron chi connectivity index (χ2n) is 5.71. The molecule has 1 saturated heterocycles. The number of carbonyl (C=O) groups is 3. The third kappa shape index (κ3) is 4.69. The lowest BCUT2D eigenvalue weighted by Gasteiger charge is -2.31. The van der Waals surface area contributed by atoms with Crippen LogP contribution >= 0.6 is 11.6 Å². The first-order chi connectivity index (χ1) is 10.9. The molecule has 0 bridgehead atoms. The second kappa shape index (κ2) is 7.46. The molecule has 2 rings (SSSR count). The molecule has 1 aliphatic heterocycles. The van der Waals surface area contributed by atoms with E-state index in [9.17, 15) is 14.4 Å². The number of amides is 2. The van der Waals surface area contributed by atoms with Crippen LogP contribution in [-0.4, -0.2) is 40.9 Å². The summed E-state index contributed by atoms with van der Waals surface area (Å²) in [6, 6.07) is 4.78. The van der Waals surface area contributed by atoms with Crippen LogP contribution in [0.4, 0.5) is 5.69 Å². The fourth-order valence-electron chi connectivity index (χ4n) is 2.73. The van der Waals surface area contributed by atoms with Gasteiger partial charge in [-0.2, -0.15) is 0 Å². The first kappa shape index (κ1) is 17.3. The van der Waals surface area contributed by atoms with E-state index in [0.29, 0.717) is 42.2 Å². The van der Waals surface area contributed by atoms with Crippen LogP contribution in [0, 0.1) is 5.92 Å². The van der Waals surface area contributed by atoms with Crippen molar-refractivity contribution in [1.82, 2.24) is 4.90 Å². The Morgan fingerprint density at radius 3 is 2.52 bits per heavy atom. The molecule has 0 saturated carbocycles. The van der Waals surface area contributed by atoms with Gasteiger partial charge in [0.05, 0.1) is 10.6 Å². The van der Waals surface area contributed by atoms with Gasteiger partial charge in [-0.05, 0) is 37.0 Å². The summed E-state index contributed by atoms with van der Waals surface area (Å²) in [7, 11) is 0. The normalized spacial score (nSPS) is 15.3. The molecule has 23 heavy (non-hydrogen) atoms. The Morgan fingerprint density at radius 2 is 1.96 bits per heavy atom. The number of piperidine rings is 1. The Balaban J connectivity index is 2.06. The maximum Gasteiger partial charge on any atom is 0.303 e. The van der Waals surface area contributed by atoms with Crippen LogP contribution in [0.5, 0.6) is 0 Å². The topological polar surface area (TPSA) is 86.7 Å². The molecule has 6 nitrogen and oxygen atoms in total. The Kier molecular flexibility index (Phi) is 5.60. The van der Waals surface area contributed by atoms with Crippen LogP contribution in [0.2, 0.25) is 5.02 Å². The number of halogens is 1. The summed E-state index contributed by atoms with van der Waals surface area (Å²) in [5, 5.41) is 11.8. The maximum atomic E-state index is 12.6. The van der Waals surface area contributed by atoms with E-state index in [1.807, 2.05) is 0 Å². The van der Waals surface area contributed by atoms with Gasteiger partial charge in [-0.1, -0.05) is 11.6 Å². The molecule has 0 atom stereocenters. The average Bonchev–Trinajstić information content (AvgIpc) is 2.48. The van der Waals surface area contributed by atoms with E-state index in [1.54, 1.807) is 23.1 Å². The van der Waals surface area contributed by atoms with Crippen molar-refractivity contribution in [2.45, 2.75) is 26.2 Å². The van der Waals surface area contributed by atoms with E-state index in [4.69, 9.17) is 16.7 Å². The largest absolute Gasteiger partial charge is 0.481 e. The van der Waals surface area contributed by atoms with Crippen LogP contribution in [-0.2, 0) is 9.59 Å². The van der Waals surface area contributed by atoms with Crippen molar-refractivity contribution >= 4 is 35.1 Å². The Labute approximate surface area is 139 Å². The molecule has 0 radical (unpaired) electrons. The number of carbonyl (C=O) groups excluding carboxylic acids is 2. The monoisotopic (exact) mass is 338 g/mol. The SMILES string of the molecule is CC(=O)Nc1ccc(Cl)c(C(=O)N2CCC(CC(=O)O)CC2)c1. The van der Waals surface area contributed by atoms with Crippen LogP contribution in [0.1, 0.15) is 36.5 Å². The van der Waals surface area contributed by atoms with Crippen LogP contribution in [0.3, 0.4) is 0 Å². The first-order valence-corrected chi connectivity index (χ1v) is 7.83. The van der Waals surface area contributed by atoms with E-state index in [2.05, 4.69) is 5.32 Å². The lowest BCUT2D eigenvalue weighted by molar-refractivity contribution is -0.138. The first-order valence-electron chi connectivity index (χ1n) is 7.45. The van der Waals surface area contributed by atoms with Gasteiger partial charge >= 0.3 is 5.97 Å². The van der Waals surface area contributed by atoms with Gasteiger partial charge in [0, 0.05) is 32.1 Å². The average molecular weight is 339 g/mol. The van der Waals surface area contributed by atoms with Gasteiger partial charge in [-0.3, -0.25) is 14.4 Å². The molecule has 1 fully saturated rings. The fourth-order valence-corrected chi connectivity index (χ4v) is 2.93. The van der Waals surface area contributed by atoms with Crippen molar-refractivity contribution in [1.29, 1.82) is 0 Å². The Morgan fingerprint density at radius 1 is 1.30 bits per heavy atom. The zero-order valence-electron chi connectivity index (χ0n) is 12.8. The second-order valence-corrected chi connectivity index (χ2v) is 6.12. The van der Waals surface area contributed by atoms with Crippen molar-refractivity contribution in [3.8, 4) is 0 Å². The lowest BCUT2D eigenvalue weighted by Crippen LogP contribution is -2.39. The number of rotatable bonds is 4. The van der Waals surface area contributed by atoms with Crippen molar-refractivity contribution in [2.24, 2.45) is 5.92 Å². The molecule has 1 heterocycles. The minimum Gasteiger partial charge on any atom is -0.481 e. The highest BCUT2D eigenvalue weighted by Gasteiger charge is 2.26. The minimum absolute atomic E-state index is 0.109. The molecule has 1 aromatic rings. The lowest BCUT2D eigenvalue weighted by atomic mass is 9.93. The van der Waals surface area contributed by atoms with Gasteiger partial charge in [0.15, 0.2) is 0 Å². The third-order valence-corrected chi connectivity index (χ3v) is 4.21. The highest BCUT2D eigenvalue weighted by Crippen LogP contribution is 2.26. The van der Waals surface area contributed by atoms with E-state index >= 15 is 0 Å². The number of anilines is 1. The molecule has 0 aliphatic carbocycles. The molecule has 2 N–H and O–H groups in total. The van der Waals surface area contributed by atoms with Crippen molar-refractivity contribution in [3.63, 3.8) is 0 Å². The summed E-state index contributed by atoms with van der Waals surface area (Å²) >= 11 is 6.11. The summed E-state index contributed by atoms with van der Waals surface area (Å²) in [4.78, 5) is 36.1. The molecule has 0 spiro atoms. The van der Waals surface area contributed by atoms with Gasteiger partial charge in [0.1, 0.15) is 0 Å². The van der Waals surface area contributed by atoms with Gasteiger partial charge in [0.25, 0.3) is 5.91 Å². The summed E-state index contributed by atoms with van der Waals surface area (Å²) in [5.74, 6) is -1.12. The van der Waals surface area contributed by atoms with E-state index in [0.717, 1.165) is 0 Å². The van der Waals surface area contributed by atoms with E-state index in [1.165, 1.54) is 6.92 Å². The molecule has 0 aromatic heterocycles. The molecule has 2 amide bonds. The number of nitrogens with one attached hydrogen (secondary N) is 1. The highest BCUT2D eigenvalue weighted by atomic mass is 35.5. The number of aliphatic carboxylic acids is 1. The molecular formula is C16H19ClN2O4. The summed E-state index contributed by atoms with van der Waals surface area (Å²) in [5.41, 5.74) is 0.862. The molecule has 0 unspecified atom stereocenters. The standard InChI is InChI=1S/C16H19ClN2O4/c1-10(20)18-12-2-3-14(17)13(9-12)16(23)19-6-4-11(5-7-19)8-15(21)22/h2-3,9,11H,4-8H2,1H3,(H,18,20)(H,21,22). The number of hydrogen-bond acceptors (Lipinski definition) is 3. The van der Waals surface area contributed by atoms with E-state index in [-0.39, 0.29) is 24.2 Å². The van der Waals surface area contributed by atoms with Crippen LogP contribution in [0.15, 0.2) is 18.2 Å². The number of hydrogen-bond donors (Lipinski definition) is 2. The zero-order chi connectivity index (χ0) is 17.0. The van der Waals surface area contributed by atoms with Gasteiger partial charge in [-0.15, -0.1) is 0 Å². The predicted molar refractivity (Wildman–Crippen MR) is 86.6 cm³/mol. The molecule has 124 valence electrons. The summed E-state index contributed by atoms with van der Waals surface area (Å²) in [6.45, 7) is 2.41. The zero-order valence-corrected chi connectivity index (χ0v) is 13.6. The molecule has 1 aromatic carbocycles. The fraction of sp³-hybridized carbons (Fsp3) is 0.438. The summed E-state index contributed by atoms with van der Waals surface area (Å²) in [6.07, 6.45) is 1.48. The number of nitrogens with zero attached hydrogens (tertiary/aromatic N) is 1. The van der Waals surface area contributed by atoms with Gasteiger partial charge in [-0.25, -0.2) is 0 Å². The number of benzene rings is 1. The maximum absolute atomic E-state index is 12.6. The number of likely N-dealkylation sites (tertiary alicyclic amines) is 1. The number of carboxylic acid groups (broad SMARTS) is 1. The van der Waals surface area contributed by atoms with Crippen LogP contribution in [0.25, 0.3) is 0 Å². The summed E-state index contributed by atoms with van der Waals surface area (Å²) < 4.78 is 0. The molecule has 1 aliphatic rings. The minimum atomic E-state index is -0.805. The third-order valence-electron chi connectivity index (χ3n) is 3.88. The van der Waals surface area contributed by atoms with Crippen LogP contribution < -0.4 is 5.32 Å². The highest BCUT2D eigenvalue weighted by molar-refractivity contribution is 6.34. The molecule has 7 heteroatoms. The van der Waals surface area contributed by atoms with Gasteiger partial charge < -0.3 is 15.3 Å². The van der Waals surface area contributed by atoms with Crippen molar-refractivity contribution in [2.75, 3.05) is 18.4 Å². The quantitative estimate of drug-likeness (QED) is 0.883. The Hall–Kier alpha value is -2.08. The Bertz CT molecular complexity index is 625. The van der Waals surface area contributed by atoms with Crippen molar-refractivity contribution < 1.29 is 19.5 Å². The number of carboxylic acids is 1. The predicted octanol–water partition coefficient (Wildman–Crippen LogP) is 2.63. The van der Waals surface area contributed by atoms with E-state index < -0.39 is 5.97 Å². The van der Waals surface area contributed by atoms with Crippen molar-refractivity contribution in [3.05, 3.63) is 28.8 Å². The van der Waals surface area contributed by atoms with Gasteiger partial charge in [0.2, 0.25) is 5.91 Å². The molecular weight excluding hydrogens is 320 g/mol.